The molecule has 6 heteroatoms. The lowest BCUT2D eigenvalue weighted by atomic mass is 10.1. The van der Waals surface area contributed by atoms with Crippen LogP contribution in [0.1, 0.15) is 11.1 Å². The lowest BCUT2D eigenvalue weighted by molar-refractivity contribution is 0.285. The maximum absolute atomic E-state index is 12.0. The van der Waals surface area contributed by atoms with Gasteiger partial charge < -0.3 is 9.15 Å². The Balaban J connectivity index is 1.89. The number of nitrogens with zero attached hydrogens (tertiary/aromatic N) is 1. The van der Waals surface area contributed by atoms with E-state index in [9.17, 15) is 9.59 Å². The van der Waals surface area contributed by atoms with E-state index in [1.165, 1.54) is 4.57 Å². The molecular weight excluding hydrogens is 374 g/mol. The maximum Gasteiger partial charge on any atom is 0.422 e. The number of ether oxygens (including phenoxy) is 1. The maximum atomic E-state index is 12.0. The Kier molecular flexibility index (Phi) is 4.57. The summed E-state index contributed by atoms with van der Waals surface area (Å²) >= 11 is 3.31. The third-order valence-electron chi connectivity index (χ3n) is 4.00. The molecule has 3 aromatic rings. The van der Waals surface area contributed by atoms with Crippen molar-refractivity contribution in [2.45, 2.75) is 20.4 Å². The molecule has 124 valence electrons. The molecule has 5 nitrogen and oxygen atoms in total. The van der Waals surface area contributed by atoms with Crippen molar-refractivity contribution in [1.29, 1.82) is 0 Å². The van der Waals surface area contributed by atoms with Crippen molar-refractivity contribution in [3.63, 3.8) is 0 Å². The number of rotatable bonds is 4. The highest BCUT2D eigenvalue weighted by Crippen LogP contribution is 2.21. The molecule has 0 saturated heterocycles. The smallest absolute Gasteiger partial charge is 0.422 e. The highest BCUT2D eigenvalue weighted by Gasteiger charge is 2.10. The minimum atomic E-state index is -0.681. The van der Waals surface area contributed by atoms with Gasteiger partial charge in [-0.25, -0.2) is 9.59 Å². The predicted molar refractivity (Wildman–Crippen MR) is 95.9 cm³/mol. The third-order valence-corrected chi connectivity index (χ3v) is 4.49. The van der Waals surface area contributed by atoms with Crippen molar-refractivity contribution in [1.82, 2.24) is 4.57 Å². The van der Waals surface area contributed by atoms with Gasteiger partial charge in [0.2, 0.25) is 0 Å². The minimum absolute atomic E-state index is 0.286. The second kappa shape index (κ2) is 6.65. The van der Waals surface area contributed by atoms with Gasteiger partial charge in [0.1, 0.15) is 12.4 Å². The molecule has 1 aromatic heterocycles. The minimum Gasteiger partial charge on any atom is -0.491 e. The van der Waals surface area contributed by atoms with Crippen LogP contribution in [0.2, 0.25) is 0 Å². The zero-order valence-corrected chi connectivity index (χ0v) is 14.9. The summed E-state index contributed by atoms with van der Waals surface area (Å²) in [5.41, 5.74) is 2.11. The monoisotopic (exact) mass is 389 g/mol. The fraction of sp³-hybridized carbons (Fsp3) is 0.222. The van der Waals surface area contributed by atoms with Gasteiger partial charge in [-0.15, -0.1) is 0 Å². The van der Waals surface area contributed by atoms with Gasteiger partial charge in [-0.2, -0.15) is 0 Å². The van der Waals surface area contributed by atoms with Gasteiger partial charge in [-0.05, 0) is 49.2 Å². The normalized spacial score (nSPS) is 11.0. The van der Waals surface area contributed by atoms with Crippen LogP contribution in [0.5, 0.6) is 5.75 Å². The zero-order chi connectivity index (χ0) is 17.3. The third kappa shape index (κ3) is 3.14. The molecule has 1 heterocycles. The second-order valence-corrected chi connectivity index (χ2v) is 6.43. The van der Waals surface area contributed by atoms with Gasteiger partial charge >= 0.3 is 11.4 Å². The molecule has 0 amide bonds. The van der Waals surface area contributed by atoms with E-state index in [4.69, 9.17) is 9.15 Å². The van der Waals surface area contributed by atoms with Crippen LogP contribution < -0.4 is 16.1 Å². The molecule has 0 saturated carbocycles. The molecule has 0 N–H and O–H groups in total. The SMILES string of the molecule is Cc1cccc(OCCn2c(=O)oc(=O)c3cc(Br)ccc32)c1C. The molecule has 0 fully saturated rings. The number of aryl methyl sites for hydroxylation is 1. The van der Waals surface area contributed by atoms with Gasteiger partial charge in [0.15, 0.2) is 0 Å². The lowest BCUT2D eigenvalue weighted by Crippen LogP contribution is -2.27. The van der Waals surface area contributed by atoms with Crippen LogP contribution in [0.25, 0.3) is 10.9 Å². The molecule has 3 rings (SSSR count). The van der Waals surface area contributed by atoms with E-state index in [0.29, 0.717) is 17.5 Å². The lowest BCUT2D eigenvalue weighted by Gasteiger charge is -2.12. The highest BCUT2D eigenvalue weighted by atomic mass is 79.9. The van der Waals surface area contributed by atoms with E-state index < -0.39 is 11.4 Å². The summed E-state index contributed by atoms with van der Waals surface area (Å²) in [6, 6.07) is 11.0. The number of benzene rings is 2. The summed E-state index contributed by atoms with van der Waals surface area (Å²) in [7, 11) is 0. The van der Waals surface area contributed by atoms with E-state index in [1.54, 1.807) is 18.2 Å². The quantitative estimate of drug-likeness (QED) is 0.685. The molecule has 0 aliphatic rings. The first-order chi connectivity index (χ1) is 11.5. The van der Waals surface area contributed by atoms with Gasteiger partial charge in [0, 0.05) is 4.47 Å². The average Bonchev–Trinajstić information content (AvgIpc) is 2.54. The van der Waals surface area contributed by atoms with Gasteiger partial charge in [0.05, 0.1) is 17.4 Å². The van der Waals surface area contributed by atoms with E-state index in [-0.39, 0.29) is 6.54 Å². The van der Waals surface area contributed by atoms with Gasteiger partial charge in [0.25, 0.3) is 0 Å². The van der Waals surface area contributed by atoms with Crippen LogP contribution in [0.3, 0.4) is 0 Å². The van der Waals surface area contributed by atoms with E-state index in [2.05, 4.69) is 15.9 Å². The zero-order valence-electron chi connectivity index (χ0n) is 13.3. The van der Waals surface area contributed by atoms with Crippen LogP contribution >= 0.6 is 15.9 Å². The molecule has 24 heavy (non-hydrogen) atoms. The molecule has 0 unspecified atom stereocenters. The van der Waals surface area contributed by atoms with Crippen molar-refractivity contribution in [3.05, 3.63) is 73.0 Å². The first-order valence-electron chi connectivity index (χ1n) is 7.49. The fourth-order valence-corrected chi connectivity index (χ4v) is 2.90. The van der Waals surface area contributed by atoms with Crippen molar-refractivity contribution >= 4 is 26.8 Å². The molecule has 0 radical (unpaired) electrons. The predicted octanol–water partition coefficient (Wildman–Crippen LogP) is 3.41. The Morgan fingerprint density at radius 1 is 1.17 bits per heavy atom. The van der Waals surface area contributed by atoms with Crippen molar-refractivity contribution in [2.24, 2.45) is 0 Å². The van der Waals surface area contributed by atoms with E-state index in [1.807, 2.05) is 32.0 Å². The Labute approximate surface area is 146 Å². The number of hydrogen-bond donors (Lipinski definition) is 0. The molecule has 0 spiro atoms. The van der Waals surface area contributed by atoms with Gasteiger partial charge in [-0.3, -0.25) is 4.57 Å². The Morgan fingerprint density at radius 3 is 2.75 bits per heavy atom. The fourth-order valence-electron chi connectivity index (χ4n) is 2.53. The number of hydrogen-bond acceptors (Lipinski definition) is 4. The summed E-state index contributed by atoms with van der Waals surface area (Å²) in [5, 5.41) is 0.357. The van der Waals surface area contributed by atoms with Crippen LogP contribution in [0.15, 0.2) is 54.9 Å². The largest absolute Gasteiger partial charge is 0.491 e. The van der Waals surface area contributed by atoms with Crippen LogP contribution in [-0.2, 0) is 6.54 Å². The Morgan fingerprint density at radius 2 is 1.96 bits per heavy atom. The van der Waals surface area contributed by atoms with E-state index >= 15 is 0 Å². The number of fused-ring (bicyclic) bond motifs is 1. The number of halogens is 1. The van der Waals surface area contributed by atoms with Crippen molar-refractivity contribution in [3.8, 4) is 5.75 Å². The van der Waals surface area contributed by atoms with Crippen LogP contribution in [0.4, 0.5) is 0 Å². The molecule has 0 bridgehead atoms. The van der Waals surface area contributed by atoms with Crippen molar-refractivity contribution in [2.75, 3.05) is 6.61 Å². The molecule has 0 atom stereocenters. The summed E-state index contributed by atoms with van der Waals surface area (Å²) in [6.07, 6.45) is 0. The topological polar surface area (TPSA) is 61.4 Å². The highest BCUT2D eigenvalue weighted by molar-refractivity contribution is 9.10. The summed E-state index contributed by atoms with van der Waals surface area (Å²) < 4.78 is 12.7. The molecule has 2 aromatic carbocycles. The summed E-state index contributed by atoms with van der Waals surface area (Å²) in [5.74, 6) is 0.104. The van der Waals surface area contributed by atoms with Crippen molar-refractivity contribution < 1.29 is 9.15 Å². The summed E-state index contributed by atoms with van der Waals surface area (Å²) in [6.45, 7) is 4.59. The first kappa shape index (κ1) is 16.5. The Bertz CT molecular complexity index is 1020. The molecule has 0 aliphatic heterocycles. The van der Waals surface area contributed by atoms with Crippen LogP contribution in [0, 0.1) is 13.8 Å². The van der Waals surface area contributed by atoms with Gasteiger partial charge in [-0.1, -0.05) is 28.1 Å². The molecule has 0 aliphatic carbocycles. The van der Waals surface area contributed by atoms with E-state index in [0.717, 1.165) is 21.3 Å². The average molecular weight is 390 g/mol. The Hall–Kier alpha value is -2.34. The molecular formula is C18H16BrNO4. The number of aromatic nitrogens is 1. The first-order valence-corrected chi connectivity index (χ1v) is 8.29. The standard InChI is InChI=1S/C18H16BrNO4/c1-11-4-3-5-16(12(11)2)23-9-8-20-15-7-6-13(19)10-14(15)17(21)24-18(20)22/h3-7,10H,8-9H2,1-2H3. The summed E-state index contributed by atoms with van der Waals surface area (Å²) in [4.78, 5) is 23.9. The van der Waals surface area contributed by atoms with Crippen LogP contribution in [-0.4, -0.2) is 11.2 Å². The second-order valence-electron chi connectivity index (χ2n) is 5.52.